The third-order valence-electron chi connectivity index (χ3n) is 3.43. The van der Waals surface area contributed by atoms with Gasteiger partial charge in [0.1, 0.15) is 22.7 Å². The number of benzene rings is 1. The molecule has 0 fully saturated rings. The third-order valence-corrected chi connectivity index (χ3v) is 3.43. The summed E-state index contributed by atoms with van der Waals surface area (Å²) < 4.78 is 0. The number of rotatable bonds is 4. The second kappa shape index (κ2) is 4.88. The van der Waals surface area contributed by atoms with Gasteiger partial charge in [0.25, 0.3) is 0 Å². The van der Waals surface area contributed by atoms with E-state index < -0.39 is 0 Å². The molecule has 3 rings (SSSR count). The Balaban J connectivity index is 2.10. The van der Waals surface area contributed by atoms with Gasteiger partial charge in [0.15, 0.2) is 0 Å². The monoisotopic (exact) mass is 254 g/mol. The minimum absolute atomic E-state index is 0.531. The first-order valence-electron chi connectivity index (χ1n) is 6.82. The molecule has 0 radical (unpaired) electrons. The standard InChI is InChI=1S/C15H18N4/c1-2-3-4-9-12-18-13-10-7-5-6-8-11(10)17-15(16)14(13)19-12/h5-8H,2-4,9H2,1H3,(H2,16,17)(H,18,19). The first-order valence-corrected chi connectivity index (χ1v) is 6.82. The largest absolute Gasteiger partial charge is 0.382 e. The van der Waals surface area contributed by atoms with Crippen LogP contribution in [0.5, 0.6) is 0 Å². The molecule has 0 aliphatic heterocycles. The number of pyridine rings is 1. The Morgan fingerprint density at radius 3 is 2.84 bits per heavy atom. The zero-order valence-corrected chi connectivity index (χ0v) is 11.1. The number of nitrogens with one attached hydrogen (secondary N) is 1. The molecule has 2 heterocycles. The average molecular weight is 254 g/mol. The number of fused-ring (bicyclic) bond motifs is 3. The molecule has 0 saturated carbocycles. The smallest absolute Gasteiger partial charge is 0.150 e. The summed E-state index contributed by atoms with van der Waals surface area (Å²) in [6, 6.07) is 7.98. The van der Waals surface area contributed by atoms with E-state index in [9.17, 15) is 0 Å². The van der Waals surface area contributed by atoms with Crippen LogP contribution >= 0.6 is 0 Å². The van der Waals surface area contributed by atoms with Gasteiger partial charge < -0.3 is 10.7 Å². The van der Waals surface area contributed by atoms with Crippen LogP contribution in [0.15, 0.2) is 24.3 Å². The van der Waals surface area contributed by atoms with Crippen molar-refractivity contribution in [3.8, 4) is 0 Å². The number of aromatic amines is 1. The highest BCUT2D eigenvalue weighted by molar-refractivity contribution is 6.05. The number of nitrogens with zero attached hydrogens (tertiary/aromatic N) is 2. The Labute approximate surface area is 112 Å². The van der Waals surface area contributed by atoms with E-state index in [2.05, 4.69) is 16.9 Å². The second-order valence-corrected chi connectivity index (χ2v) is 4.88. The summed E-state index contributed by atoms with van der Waals surface area (Å²) in [5.41, 5.74) is 8.72. The maximum Gasteiger partial charge on any atom is 0.150 e. The Hall–Kier alpha value is -2.10. The van der Waals surface area contributed by atoms with Crippen LogP contribution in [0.4, 0.5) is 5.82 Å². The summed E-state index contributed by atoms with van der Waals surface area (Å²) in [6.07, 6.45) is 4.57. The number of nitrogen functional groups attached to an aromatic ring is 1. The summed E-state index contributed by atoms with van der Waals surface area (Å²) in [7, 11) is 0. The van der Waals surface area contributed by atoms with Crippen molar-refractivity contribution in [2.75, 3.05) is 5.73 Å². The molecular weight excluding hydrogens is 236 g/mol. The molecule has 1 aromatic carbocycles. The van der Waals surface area contributed by atoms with E-state index >= 15 is 0 Å². The van der Waals surface area contributed by atoms with Gasteiger partial charge >= 0.3 is 0 Å². The van der Waals surface area contributed by atoms with E-state index in [0.29, 0.717) is 5.82 Å². The van der Waals surface area contributed by atoms with Gasteiger partial charge in [-0.2, -0.15) is 0 Å². The lowest BCUT2D eigenvalue weighted by molar-refractivity contribution is 0.700. The van der Waals surface area contributed by atoms with Crippen LogP contribution in [0.25, 0.3) is 21.9 Å². The highest BCUT2D eigenvalue weighted by Gasteiger charge is 2.10. The fourth-order valence-corrected chi connectivity index (χ4v) is 2.42. The minimum atomic E-state index is 0.531. The molecule has 0 saturated heterocycles. The van der Waals surface area contributed by atoms with Gasteiger partial charge in [-0.3, -0.25) is 0 Å². The molecule has 0 bridgehead atoms. The van der Waals surface area contributed by atoms with Crippen LogP contribution in [0, 0.1) is 0 Å². The summed E-state index contributed by atoms with van der Waals surface area (Å²) in [4.78, 5) is 12.4. The minimum Gasteiger partial charge on any atom is -0.382 e. The molecule has 3 aromatic rings. The summed E-state index contributed by atoms with van der Waals surface area (Å²) >= 11 is 0. The third kappa shape index (κ3) is 2.14. The number of aromatic nitrogens is 3. The maximum atomic E-state index is 6.01. The van der Waals surface area contributed by atoms with Gasteiger partial charge in [-0.15, -0.1) is 0 Å². The zero-order chi connectivity index (χ0) is 13.2. The van der Waals surface area contributed by atoms with E-state index in [4.69, 9.17) is 10.7 Å². The number of H-pyrrole nitrogens is 1. The molecule has 0 amide bonds. The highest BCUT2D eigenvalue weighted by Crippen LogP contribution is 2.26. The Kier molecular flexibility index (Phi) is 3.07. The lowest BCUT2D eigenvalue weighted by Gasteiger charge is -1.99. The Bertz CT molecular complexity index is 715. The molecule has 0 unspecified atom stereocenters. The van der Waals surface area contributed by atoms with Crippen molar-refractivity contribution in [2.24, 2.45) is 0 Å². The fourth-order valence-electron chi connectivity index (χ4n) is 2.42. The average Bonchev–Trinajstić information content (AvgIpc) is 2.84. The molecule has 0 aliphatic rings. The van der Waals surface area contributed by atoms with Crippen molar-refractivity contribution in [1.82, 2.24) is 15.0 Å². The normalized spacial score (nSPS) is 11.4. The molecule has 4 nitrogen and oxygen atoms in total. The van der Waals surface area contributed by atoms with Crippen molar-refractivity contribution < 1.29 is 0 Å². The van der Waals surface area contributed by atoms with Crippen molar-refractivity contribution >= 4 is 27.8 Å². The predicted molar refractivity (Wildman–Crippen MR) is 79.0 cm³/mol. The van der Waals surface area contributed by atoms with Gasteiger partial charge in [-0.05, 0) is 12.5 Å². The topological polar surface area (TPSA) is 67.6 Å². The number of nitrogens with two attached hydrogens (primary N) is 1. The van der Waals surface area contributed by atoms with Crippen LogP contribution in [0.1, 0.15) is 32.0 Å². The second-order valence-electron chi connectivity index (χ2n) is 4.88. The molecule has 0 atom stereocenters. The van der Waals surface area contributed by atoms with Gasteiger partial charge in [-0.25, -0.2) is 9.97 Å². The Morgan fingerprint density at radius 2 is 2.00 bits per heavy atom. The summed E-state index contributed by atoms with van der Waals surface area (Å²) in [5.74, 6) is 1.54. The predicted octanol–water partition coefficient (Wildman–Crippen LogP) is 3.43. The van der Waals surface area contributed by atoms with Gasteiger partial charge in [0.05, 0.1) is 5.52 Å². The molecule has 3 N–H and O–H groups in total. The fraction of sp³-hybridized carbons (Fsp3) is 0.333. The lowest BCUT2D eigenvalue weighted by atomic mass is 10.2. The first-order chi connectivity index (χ1) is 9.29. The van der Waals surface area contributed by atoms with E-state index in [0.717, 1.165) is 40.6 Å². The van der Waals surface area contributed by atoms with Crippen molar-refractivity contribution in [1.29, 1.82) is 0 Å². The van der Waals surface area contributed by atoms with Crippen LogP contribution in [0.3, 0.4) is 0 Å². The molecule has 19 heavy (non-hydrogen) atoms. The summed E-state index contributed by atoms with van der Waals surface area (Å²) in [5, 5.41) is 1.06. The van der Waals surface area contributed by atoms with Gasteiger partial charge in [-0.1, -0.05) is 38.0 Å². The number of anilines is 1. The molecule has 4 heteroatoms. The van der Waals surface area contributed by atoms with Gasteiger partial charge in [0, 0.05) is 11.8 Å². The van der Waals surface area contributed by atoms with Crippen LogP contribution < -0.4 is 5.73 Å². The van der Waals surface area contributed by atoms with Gasteiger partial charge in [0.2, 0.25) is 0 Å². The van der Waals surface area contributed by atoms with E-state index in [1.807, 2.05) is 24.3 Å². The van der Waals surface area contributed by atoms with E-state index in [1.165, 1.54) is 12.8 Å². The van der Waals surface area contributed by atoms with Crippen LogP contribution in [0.2, 0.25) is 0 Å². The quantitative estimate of drug-likeness (QED) is 0.701. The van der Waals surface area contributed by atoms with E-state index in [-0.39, 0.29) is 0 Å². The Morgan fingerprint density at radius 1 is 1.16 bits per heavy atom. The lowest BCUT2D eigenvalue weighted by Crippen LogP contribution is -1.92. The maximum absolute atomic E-state index is 6.01. The number of aryl methyl sites for hydroxylation is 1. The zero-order valence-electron chi connectivity index (χ0n) is 11.1. The number of imidazole rings is 1. The number of hydrogen-bond donors (Lipinski definition) is 2. The number of para-hydroxylation sites is 1. The van der Waals surface area contributed by atoms with Crippen molar-refractivity contribution in [2.45, 2.75) is 32.6 Å². The van der Waals surface area contributed by atoms with Crippen LogP contribution in [-0.2, 0) is 6.42 Å². The number of unbranched alkanes of at least 4 members (excludes halogenated alkanes) is 2. The molecule has 0 spiro atoms. The molecule has 98 valence electrons. The molecular formula is C15H18N4. The highest BCUT2D eigenvalue weighted by atomic mass is 15.0. The molecule has 0 aliphatic carbocycles. The van der Waals surface area contributed by atoms with Crippen molar-refractivity contribution in [3.05, 3.63) is 30.1 Å². The van der Waals surface area contributed by atoms with Crippen LogP contribution in [-0.4, -0.2) is 15.0 Å². The number of hydrogen-bond acceptors (Lipinski definition) is 3. The van der Waals surface area contributed by atoms with Crippen molar-refractivity contribution in [3.63, 3.8) is 0 Å². The summed E-state index contributed by atoms with van der Waals surface area (Å²) in [6.45, 7) is 2.20. The molecule has 2 aromatic heterocycles. The first kappa shape index (κ1) is 12.0. The SMILES string of the molecule is CCCCCc1nc2c([nH]1)c(N)nc1ccccc12. The van der Waals surface area contributed by atoms with E-state index in [1.54, 1.807) is 0 Å².